The lowest BCUT2D eigenvalue weighted by molar-refractivity contribution is 0.102. The Balaban J connectivity index is 1.52. The third-order valence-corrected chi connectivity index (χ3v) is 6.79. The number of nitrogens with zero attached hydrogens (tertiary/aromatic N) is 1. The van der Waals surface area contributed by atoms with Crippen LogP contribution in [0.1, 0.15) is 28.1 Å². The molecule has 1 heterocycles. The molecule has 4 aromatic rings. The first-order chi connectivity index (χ1) is 14.1. The van der Waals surface area contributed by atoms with E-state index in [0.29, 0.717) is 16.6 Å². The number of nitrogens with one attached hydrogen (secondary N) is 1. The lowest BCUT2D eigenvalue weighted by atomic mass is 10.2. The van der Waals surface area contributed by atoms with Crippen LogP contribution in [0.4, 0.5) is 5.69 Å². The van der Waals surface area contributed by atoms with E-state index in [1.165, 1.54) is 5.56 Å². The smallest absolute Gasteiger partial charge is 0.259 e. The van der Waals surface area contributed by atoms with Gasteiger partial charge in [-0.05, 0) is 42.8 Å². The van der Waals surface area contributed by atoms with E-state index >= 15 is 0 Å². The number of methoxy groups -OCH3 is 1. The van der Waals surface area contributed by atoms with Crippen LogP contribution in [0, 0.1) is 0 Å². The van der Waals surface area contributed by atoms with Crippen LogP contribution in [0.3, 0.4) is 0 Å². The minimum atomic E-state index is -0.196. The molecule has 1 amide bonds. The predicted molar refractivity (Wildman–Crippen MR) is 121 cm³/mol. The maximum Gasteiger partial charge on any atom is 0.259 e. The van der Waals surface area contributed by atoms with Gasteiger partial charge in [-0.3, -0.25) is 4.79 Å². The first-order valence-electron chi connectivity index (χ1n) is 9.20. The normalized spacial score (nSPS) is 11.9. The van der Waals surface area contributed by atoms with Crippen LogP contribution in [0.25, 0.3) is 10.2 Å². The molecule has 0 radical (unpaired) electrons. The van der Waals surface area contributed by atoms with Crippen LogP contribution >= 0.6 is 23.1 Å². The molecule has 0 fully saturated rings. The van der Waals surface area contributed by atoms with Gasteiger partial charge in [0, 0.05) is 10.9 Å². The molecular formula is C23H20N2O2S2. The first kappa shape index (κ1) is 19.5. The summed E-state index contributed by atoms with van der Waals surface area (Å²) in [6.07, 6.45) is 0. The molecule has 1 aromatic heterocycles. The highest BCUT2D eigenvalue weighted by molar-refractivity contribution is 8.01. The fourth-order valence-electron chi connectivity index (χ4n) is 3.01. The Morgan fingerprint density at radius 3 is 2.62 bits per heavy atom. The van der Waals surface area contributed by atoms with Crippen LogP contribution in [0.5, 0.6) is 5.75 Å². The van der Waals surface area contributed by atoms with Gasteiger partial charge in [-0.15, -0.1) is 11.3 Å². The molecule has 3 aromatic carbocycles. The molecule has 29 heavy (non-hydrogen) atoms. The minimum Gasteiger partial charge on any atom is -0.496 e. The molecule has 0 saturated carbocycles. The van der Waals surface area contributed by atoms with Gasteiger partial charge in [0.1, 0.15) is 5.75 Å². The summed E-state index contributed by atoms with van der Waals surface area (Å²) >= 11 is 3.39. The highest BCUT2D eigenvalue weighted by Crippen LogP contribution is 2.39. The van der Waals surface area contributed by atoms with E-state index in [4.69, 9.17) is 9.72 Å². The quantitative estimate of drug-likeness (QED) is 0.366. The number of benzene rings is 3. The highest BCUT2D eigenvalue weighted by Gasteiger charge is 2.14. The van der Waals surface area contributed by atoms with Crippen molar-refractivity contribution in [2.24, 2.45) is 0 Å². The zero-order chi connectivity index (χ0) is 20.2. The van der Waals surface area contributed by atoms with E-state index < -0.39 is 0 Å². The van der Waals surface area contributed by atoms with Crippen LogP contribution in [0.15, 0.2) is 77.1 Å². The summed E-state index contributed by atoms with van der Waals surface area (Å²) in [5, 5.41) is 3.27. The molecule has 1 atom stereocenters. The number of hydrogen-bond donors (Lipinski definition) is 1. The van der Waals surface area contributed by atoms with Gasteiger partial charge in [0.2, 0.25) is 0 Å². The summed E-state index contributed by atoms with van der Waals surface area (Å²) in [6.45, 7) is 2.19. The lowest BCUT2D eigenvalue weighted by Crippen LogP contribution is -2.12. The van der Waals surface area contributed by atoms with E-state index in [0.717, 1.165) is 20.2 Å². The number of thioether (sulfide) groups is 1. The molecule has 146 valence electrons. The Kier molecular flexibility index (Phi) is 5.83. The average molecular weight is 421 g/mol. The summed E-state index contributed by atoms with van der Waals surface area (Å²) < 4.78 is 7.34. The van der Waals surface area contributed by atoms with Crippen molar-refractivity contribution in [3.8, 4) is 5.75 Å². The standard InChI is InChI=1S/C23H20N2O2S2/c1-15(16-8-4-3-5-9-16)28-23-25-19-13-12-17(14-21(19)29-23)24-22(26)18-10-6-7-11-20(18)27-2/h3-15H,1-2H3,(H,24,26). The summed E-state index contributed by atoms with van der Waals surface area (Å²) in [5.74, 6) is 0.357. The van der Waals surface area contributed by atoms with Crippen molar-refractivity contribution >= 4 is 44.9 Å². The number of carbonyl (C=O) groups is 1. The molecular weight excluding hydrogens is 400 g/mol. The molecule has 0 aliphatic rings. The van der Waals surface area contributed by atoms with Crippen LogP contribution in [-0.4, -0.2) is 18.0 Å². The number of ether oxygens (including phenoxy) is 1. The van der Waals surface area contributed by atoms with Crippen molar-refractivity contribution in [2.45, 2.75) is 16.5 Å². The van der Waals surface area contributed by atoms with Crippen molar-refractivity contribution in [3.63, 3.8) is 0 Å². The number of rotatable bonds is 6. The van der Waals surface area contributed by atoms with Crippen LogP contribution < -0.4 is 10.1 Å². The number of anilines is 1. The molecule has 0 aliphatic carbocycles. The maximum atomic E-state index is 12.6. The second-order valence-corrected chi connectivity index (χ2v) is 9.11. The number of para-hydroxylation sites is 1. The van der Waals surface area contributed by atoms with Gasteiger partial charge < -0.3 is 10.1 Å². The Morgan fingerprint density at radius 1 is 1.07 bits per heavy atom. The zero-order valence-corrected chi connectivity index (χ0v) is 17.7. The van der Waals surface area contributed by atoms with Gasteiger partial charge in [0.05, 0.1) is 22.9 Å². The average Bonchev–Trinajstić information content (AvgIpc) is 3.15. The molecule has 0 saturated heterocycles. The second-order valence-electron chi connectivity index (χ2n) is 6.49. The third-order valence-electron chi connectivity index (χ3n) is 4.52. The Morgan fingerprint density at radius 2 is 1.83 bits per heavy atom. The van der Waals surface area contributed by atoms with Gasteiger partial charge in [0.15, 0.2) is 4.34 Å². The SMILES string of the molecule is COc1ccccc1C(=O)Nc1ccc2nc(SC(C)c3ccccc3)sc2c1. The number of hydrogen-bond acceptors (Lipinski definition) is 5. The topological polar surface area (TPSA) is 51.2 Å². The second kappa shape index (κ2) is 8.68. The van der Waals surface area contributed by atoms with Crippen molar-refractivity contribution in [2.75, 3.05) is 12.4 Å². The number of carbonyl (C=O) groups excluding carboxylic acids is 1. The highest BCUT2D eigenvalue weighted by atomic mass is 32.2. The van der Waals surface area contributed by atoms with E-state index in [-0.39, 0.29) is 5.91 Å². The molecule has 0 bridgehead atoms. The van der Waals surface area contributed by atoms with Crippen molar-refractivity contribution in [1.29, 1.82) is 0 Å². The molecule has 4 rings (SSSR count). The van der Waals surface area contributed by atoms with Gasteiger partial charge in [-0.1, -0.05) is 54.2 Å². The number of thiazole rings is 1. The fraction of sp³-hybridized carbons (Fsp3) is 0.130. The summed E-state index contributed by atoms with van der Waals surface area (Å²) in [7, 11) is 1.56. The van der Waals surface area contributed by atoms with Gasteiger partial charge in [-0.25, -0.2) is 4.98 Å². The summed E-state index contributed by atoms with van der Waals surface area (Å²) in [5.41, 5.74) is 3.46. The van der Waals surface area contributed by atoms with Gasteiger partial charge in [-0.2, -0.15) is 0 Å². The number of fused-ring (bicyclic) bond motifs is 1. The predicted octanol–water partition coefficient (Wildman–Crippen LogP) is 6.41. The molecule has 1 N–H and O–H groups in total. The monoisotopic (exact) mass is 420 g/mol. The van der Waals surface area contributed by atoms with E-state index in [1.807, 2.05) is 36.4 Å². The fourth-order valence-corrected chi connectivity index (χ4v) is 5.38. The lowest BCUT2D eigenvalue weighted by Gasteiger charge is -2.09. The van der Waals surface area contributed by atoms with Crippen LogP contribution in [0.2, 0.25) is 0 Å². The maximum absolute atomic E-state index is 12.6. The van der Waals surface area contributed by atoms with E-state index in [1.54, 1.807) is 42.3 Å². The van der Waals surface area contributed by atoms with Crippen molar-refractivity contribution in [3.05, 3.63) is 83.9 Å². The Labute approximate surface area is 177 Å². The van der Waals surface area contributed by atoms with Crippen molar-refractivity contribution < 1.29 is 9.53 Å². The Hall–Kier alpha value is -2.83. The number of aromatic nitrogens is 1. The van der Waals surface area contributed by atoms with Gasteiger partial charge in [0.25, 0.3) is 5.91 Å². The van der Waals surface area contributed by atoms with Crippen molar-refractivity contribution in [1.82, 2.24) is 4.98 Å². The zero-order valence-electron chi connectivity index (χ0n) is 16.1. The number of amides is 1. The van der Waals surface area contributed by atoms with Crippen LogP contribution in [-0.2, 0) is 0 Å². The summed E-state index contributed by atoms with van der Waals surface area (Å²) in [6, 6.07) is 23.4. The Bertz CT molecular complexity index is 1140. The van der Waals surface area contributed by atoms with Gasteiger partial charge >= 0.3 is 0 Å². The van der Waals surface area contributed by atoms with E-state index in [9.17, 15) is 4.79 Å². The van der Waals surface area contributed by atoms with E-state index in [2.05, 4.69) is 36.5 Å². The molecule has 0 spiro atoms. The largest absolute Gasteiger partial charge is 0.496 e. The summed E-state index contributed by atoms with van der Waals surface area (Å²) in [4.78, 5) is 17.4. The molecule has 0 aliphatic heterocycles. The molecule has 6 heteroatoms. The third kappa shape index (κ3) is 4.44. The molecule has 4 nitrogen and oxygen atoms in total. The minimum absolute atomic E-state index is 0.196. The molecule has 1 unspecified atom stereocenters. The first-order valence-corrected chi connectivity index (χ1v) is 10.9.